The van der Waals surface area contributed by atoms with Crippen LogP contribution in [0.4, 0.5) is 0 Å². The van der Waals surface area contributed by atoms with E-state index >= 15 is 0 Å². The Balaban J connectivity index is 1.47. The molecule has 8 rings (SSSR count). The highest BCUT2D eigenvalue weighted by Crippen LogP contribution is 2.53. The van der Waals surface area contributed by atoms with Gasteiger partial charge in [-0.05, 0) is 68.8 Å². The second-order valence-electron chi connectivity index (χ2n) is 11.1. The van der Waals surface area contributed by atoms with Gasteiger partial charge in [0, 0.05) is 16.5 Å². The Morgan fingerprint density at radius 3 is 1.95 bits per heavy atom. The minimum absolute atomic E-state index is 0.142. The van der Waals surface area contributed by atoms with Crippen LogP contribution >= 0.6 is 0 Å². The van der Waals surface area contributed by atoms with Crippen molar-refractivity contribution in [1.82, 2.24) is 14.5 Å². The summed E-state index contributed by atoms with van der Waals surface area (Å²) < 4.78 is 2.35. The van der Waals surface area contributed by atoms with Crippen molar-refractivity contribution in [2.75, 3.05) is 0 Å². The lowest BCUT2D eigenvalue weighted by Gasteiger charge is -2.22. The third-order valence-corrected chi connectivity index (χ3v) is 8.50. The summed E-state index contributed by atoms with van der Waals surface area (Å²) >= 11 is 0. The van der Waals surface area contributed by atoms with E-state index in [2.05, 4.69) is 139 Å². The first kappa shape index (κ1) is 22.9. The molecule has 0 saturated heterocycles. The maximum atomic E-state index is 4.89. The minimum Gasteiger partial charge on any atom is -0.306 e. The largest absolute Gasteiger partial charge is 0.306 e. The van der Waals surface area contributed by atoms with Gasteiger partial charge in [-0.25, -0.2) is 9.97 Å². The molecule has 3 nitrogen and oxygen atoms in total. The molecule has 1 aliphatic carbocycles. The highest BCUT2D eigenvalue weighted by Gasteiger charge is 2.38. The van der Waals surface area contributed by atoms with Crippen LogP contribution < -0.4 is 0 Å². The fourth-order valence-corrected chi connectivity index (χ4v) is 6.71. The number of hydrogen-bond donors (Lipinski definition) is 0. The Morgan fingerprint density at radius 2 is 1.25 bits per heavy atom. The van der Waals surface area contributed by atoms with E-state index in [0.29, 0.717) is 0 Å². The normalized spacial score (nSPS) is 13.4. The number of benzene rings is 5. The second kappa shape index (κ2) is 8.49. The Kier molecular flexibility index (Phi) is 4.86. The van der Waals surface area contributed by atoms with Crippen LogP contribution in [0, 0.1) is 0 Å². The van der Waals surface area contributed by atoms with E-state index in [1.807, 2.05) is 6.20 Å². The van der Waals surface area contributed by atoms with Crippen molar-refractivity contribution < 1.29 is 0 Å². The highest BCUT2D eigenvalue weighted by molar-refractivity contribution is 6.12. The molecule has 0 saturated carbocycles. The molecule has 7 aromatic rings. The summed E-state index contributed by atoms with van der Waals surface area (Å²) in [5, 5.41) is 1.21. The van der Waals surface area contributed by atoms with Gasteiger partial charge in [-0.3, -0.25) is 0 Å². The molecule has 1 aliphatic rings. The van der Waals surface area contributed by atoms with Crippen molar-refractivity contribution in [3.05, 3.63) is 139 Å². The Morgan fingerprint density at radius 1 is 0.600 bits per heavy atom. The molecule has 3 heteroatoms. The van der Waals surface area contributed by atoms with Crippen LogP contribution in [0.5, 0.6) is 0 Å². The van der Waals surface area contributed by atoms with Crippen LogP contribution in [0.15, 0.2) is 128 Å². The van der Waals surface area contributed by atoms with Crippen molar-refractivity contribution in [2.45, 2.75) is 19.3 Å². The zero-order chi connectivity index (χ0) is 26.8. The lowest BCUT2D eigenvalue weighted by molar-refractivity contribution is 0.666. The Bertz CT molecular complexity index is 2010. The van der Waals surface area contributed by atoms with Crippen molar-refractivity contribution in [3.63, 3.8) is 0 Å². The summed E-state index contributed by atoms with van der Waals surface area (Å²) in [5.74, 6) is 0. The van der Waals surface area contributed by atoms with Gasteiger partial charge in [-0.1, -0.05) is 105 Å². The van der Waals surface area contributed by atoms with Gasteiger partial charge >= 0.3 is 0 Å². The van der Waals surface area contributed by atoms with Gasteiger partial charge in [-0.15, -0.1) is 0 Å². The van der Waals surface area contributed by atoms with Crippen molar-refractivity contribution in [3.8, 4) is 39.1 Å². The lowest BCUT2D eigenvalue weighted by Crippen LogP contribution is -2.15. The van der Waals surface area contributed by atoms with Gasteiger partial charge in [0.25, 0.3) is 0 Å². The maximum Gasteiger partial charge on any atom is 0.116 e. The number of nitrogens with zero attached hydrogens (tertiary/aromatic N) is 3. The van der Waals surface area contributed by atoms with Gasteiger partial charge in [-0.2, -0.15) is 0 Å². The van der Waals surface area contributed by atoms with Gasteiger partial charge in [0.15, 0.2) is 0 Å². The maximum absolute atomic E-state index is 4.89. The first-order valence-electron chi connectivity index (χ1n) is 13.7. The summed E-state index contributed by atoms with van der Waals surface area (Å²) in [6.07, 6.45) is 3.64. The van der Waals surface area contributed by atoms with Crippen molar-refractivity contribution in [1.29, 1.82) is 0 Å². The molecule has 190 valence electrons. The van der Waals surface area contributed by atoms with Gasteiger partial charge in [0.1, 0.15) is 11.8 Å². The van der Waals surface area contributed by atoms with Crippen LogP contribution in [0.25, 0.3) is 61.0 Å². The smallest absolute Gasteiger partial charge is 0.116 e. The number of fused-ring (bicyclic) bond motifs is 7. The van der Waals surface area contributed by atoms with E-state index in [1.54, 1.807) is 6.33 Å². The molecule has 5 aromatic carbocycles. The summed E-state index contributed by atoms with van der Waals surface area (Å²) in [6.45, 7) is 4.68. The molecule has 0 amide bonds. The van der Waals surface area contributed by atoms with Crippen molar-refractivity contribution in [2.24, 2.45) is 0 Å². The van der Waals surface area contributed by atoms with E-state index in [9.17, 15) is 0 Å². The van der Waals surface area contributed by atoms with Gasteiger partial charge in [0.05, 0.1) is 17.2 Å². The van der Waals surface area contributed by atoms with Crippen molar-refractivity contribution >= 4 is 21.9 Å². The summed E-state index contributed by atoms with van der Waals surface area (Å²) in [7, 11) is 0. The summed E-state index contributed by atoms with van der Waals surface area (Å²) in [4.78, 5) is 9.38. The lowest BCUT2D eigenvalue weighted by atomic mass is 9.81. The quantitative estimate of drug-likeness (QED) is 0.236. The van der Waals surface area contributed by atoms with E-state index in [4.69, 9.17) is 4.98 Å². The van der Waals surface area contributed by atoms with Crippen LogP contribution in [0.2, 0.25) is 0 Å². The van der Waals surface area contributed by atoms with Crippen LogP contribution in [0.1, 0.15) is 25.0 Å². The minimum atomic E-state index is -0.142. The molecular formula is C37H27N3. The fraction of sp³-hybridized carbons (Fsp3) is 0.0811. The average Bonchev–Trinajstić information content (AvgIpc) is 3.47. The van der Waals surface area contributed by atoms with Gasteiger partial charge < -0.3 is 4.57 Å². The molecule has 0 fully saturated rings. The molecular weight excluding hydrogens is 486 g/mol. The third-order valence-electron chi connectivity index (χ3n) is 8.50. The van der Waals surface area contributed by atoms with E-state index < -0.39 is 0 Å². The molecule has 0 unspecified atom stereocenters. The van der Waals surface area contributed by atoms with E-state index in [-0.39, 0.29) is 5.41 Å². The fourth-order valence-electron chi connectivity index (χ4n) is 6.71. The molecule has 2 aromatic heterocycles. The molecule has 2 heterocycles. The zero-order valence-electron chi connectivity index (χ0n) is 22.5. The topological polar surface area (TPSA) is 30.7 Å². The van der Waals surface area contributed by atoms with E-state index in [1.165, 1.54) is 49.9 Å². The summed E-state index contributed by atoms with van der Waals surface area (Å²) in [5.41, 5.74) is 14.2. The van der Waals surface area contributed by atoms with Crippen LogP contribution in [0.3, 0.4) is 0 Å². The third kappa shape index (κ3) is 3.24. The molecule has 0 atom stereocenters. The highest BCUT2D eigenvalue weighted by atomic mass is 15.0. The van der Waals surface area contributed by atoms with Gasteiger partial charge in [0.2, 0.25) is 0 Å². The SMILES string of the molecule is CC1(C)c2ccccc2-c2ccc3c(c21)c1ncncc1n3-c1cc(-c2ccccc2)cc(-c2ccccc2)c1. The predicted octanol–water partition coefficient (Wildman–Crippen LogP) is 9.21. The monoisotopic (exact) mass is 513 g/mol. The molecule has 0 bridgehead atoms. The Hall–Kier alpha value is -5.02. The summed E-state index contributed by atoms with van der Waals surface area (Å²) in [6, 6.07) is 41.5. The van der Waals surface area contributed by atoms with Crippen LogP contribution in [-0.4, -0.2) is 14.5 Å². The molecule has 40 heavy (non-hydrogen) atoms. The van der Waals surface area contributed by atoms with Crippen LogP contribution in [-0.2, 0) is 5.41 Å². The standard InChI is InChI=1S/C37H27N3/c1-37(2)31-16-10-9-15-29(31)30-17-18-32-34(35(30)37)36-33(22-38-23-39-36)40(32)28-20-26(24-11-5-3-6-12-24)19-27(21-28)25-13-7-4-8-14-25/h3-23H,1-2H3. The first-order valence-corrected chi connectivity index (χ1v) is 13.7. The molecule has 0 spiro atoms. The number of aromatic nitrogens is 3. The molecule has 0 aliphatic heterocycles. The predicted molar refractivity (Wildman–Crippen MR) is 165 cm³/mol. The Labute approximate surface area is 233 Å². The van der Waals surface area contributed by atoms with E-state index in [0.717, 1.165) is 22.2 Å². The number of hydrogen-bond acceptors (Lipinski definition) is 2. The average molecular weight is 514 g/mol. The molecule has 0 N–H and O–H groups in total. The number of rotatable bonds is 3. The molecule has 0 radical (unpaired) electrons. The zero-order valence-corrected chi connectivity index (χ0v) is 22.5. The first-order chi connectivity index (χ1) is 19.6. The second-order valence-corrected chi connectivity index (χ2v) is 11.1.